The Hall–Kier alpha value is -0.300. The summed E-state index contributed by atoms with van der Waals surface area (Å²) in [6.45, 7) is 8.75. The SMILES string of the molecule is CC(C)=CCC/C(C)=C\C/C=C(\C)CCBr. The Balaban J connectivity index is 3.87. The molecule has 0 saturated carbocycles. The van der Waals surface area contributed by atoms with Crippen LogP contribution < -0.4 is 0 Å². The van der Waals surface area contributed by atoms with Crippen LogP contribution in [0.2, 0.25) is 0 Å². The molecule has 0 heterocycles. The maximum Gasteiger partial charge on any atom is 0.00684 e. The first-order valence-corrected chi connectivity index (χ1v) is 7.19. The molecule has 0 aromatic carbocycles. The number of allylic oxidation sites excluding steroid dienone is 6. The van der Waals surface area contributed by atoms with E-state index >= 15 is 0 Å². The molecule has 0 aliphatic carbocycles. The topological polar surface area (TPSA) is 0 Å². The lowest BCUT2D eigenvalue weighted by Gasteiger charge is -1.99. The Morgan fingerprint density at radius 2 is 1.44 bits per heavy atom. The Bertz CT molecular complexity index is 265. The Kier molecular flexibility index (Phi) is 9.71. The molecule has 0 bridgehead atoms. The molecule has 0 N–H and O–H groups in total. The van der Waals surface area contributed by atoms with E-state index in [4.69, 9.17) is 0 Å². The molecular weight excluding hydrogens is 260 g/mol. The largest absolute Gasteiger partial charge is 0.0925 e. The van der Waals surface area contributed by atoms with Crippen LogP contribution in [0.1, 0.15) is 53.4 Å². The first kappa shape index (κ1) is 15.7. The molecule has 0 unspecified atom stereocenters. The van der Waals surface area contributed by atoms with Gasteiger partial charge < -0.3 is 0 Å². The van der Waals surface area contributed by atoms with E-state index in [9.17, 15) is 0 Å². The van der Waals surface area contributed by atoms with Crippen LogP contribution in [0, 0.1) is 0 Å². The number of hydrogen-bond acceptors (Lipinski definition) is 0. The van der Waals surface area contributed by atoms with Crippen molar-refractivity contribution in [2.75, 3.05) is 5.33 Å². The Morgan fingerprint density at radius 3 is 1.94 bits per heavy atom. The van der Waals surface area contributed by atoms with Crippen LogP contribution in [0.25, 0.3) is 0 Å². The van der Waals surface area contributed by atoms with Gasteiger partial charge in [0.1, 0.15) is 0 Å². The first-order valence-electron chi connectivity index (χ1n) is 6.07. The lowest BCUT2D eigenvalue weighted by molar-refractivity contribution is 0.957. The number of halogens is 1. The van der Waals surface area contributed by atoms with Gasteiger partial charge in [-0.25, -0.2) is 0 Å². The van der Waals surface area contributed by atoms with Crippen LogP contribution in [0.4, 0.5) is 0 Å². The summed E-state index contributed by atoms with van der Waals surface area (Å²) >= 11 is 3.46. The summed E-state index contributed by atoms with van der Waals surface area (Å²) in [6.07, 6.45) is 11.6. The summed E-state index contributed by atoms with van der Waals surface area (Å²) in [7, 11) is 0. The smallest absolute Gasteiger partial charge is 0.00684 e. The maximum absolute atomic E-state index is 3.46. The molecule has 1 heteroatoms. The average Bonchev–Trinajstić information content (AvgIpc) is 2.17. The van der Waals surface area contributed by atoms with Crippen molar-refractivity contribution in [3.8, 4) is 0 Å². The molecule has 0 amide bonds. The van der Waals surface area contributed by atoms with E-state index in [-0.39, 0.29) is 0 Å². The van der Waals surface area contributed by atoms with Crippen LogP contribution in [0.5, 0.6) is 0 Å². The van der Waals surface area contributed by atoms with Crippen LogP contribution in [0.3, 0.4) is 0 Å². The second kappa shape index (κ2) is 9.89. The van der Waals surface area contributed by atoms with Gasteiger partial charge in [-0.3, -0.25) is 0 Å². The number of rotatable bonds is 7. The van der Waals surface area contributed by atoms with E-state index in [0.29, 0.717) is 0 Å². The van der Waals surface area contributed by atoms with Crippen LogP contribution in [0.15, 0.2) is 34.9 Å². The summed E-state index contributed by atoms with van der Waals surface area (Å²) in [5.74, 6) is 0. The fourth-order valence-electron chi connectivity index (χ4n) is 1.40. The maximum atomic E-state index is 3.46. The van der Waals surface area contributed by atoms with Crippen LogP contribution in [-0.2, 0) is 0 Å². The molecule has 0 spiro atoms. The molecule has 0 atom stereocenters. The highest BCUT2D eigenvalue weighted by molar-refractivity contribution is 9.09. The summed E-state index contributed by atoms with van der Waals surface area (Å²) < 4.78 is 0. The zero-order valence-corrected chi connectivity index (χ0v) is 12.7. The van der Waals surface area contributed by atoms with Crippen molar-refractivity contribution in [3.05, 3.63) is 34.9 Å². The summed E-state index contributed by atoms with van der Waals surface area (Å²) in [5.41, 5.74) is 4.39. The van der Waals surface area contributed by atoms with Crippen molar-refractivity contribution < 1.29 is 0 Å². The predicted octanol–water partition coefficient (Wildman–Crippen LogP) is 5.80. The van der Waals surface area contributed by atoms with Crippen molar-refractivity contribution in [1.29, 1.82) is 0 Å². The summed E-state index contributed by atoms with van der Waals surface area (Å²) in [5, 5.41) is 1.07. The molecule has 0 nitrogen and oxygen atoms in total. The van der Waals surface area contributed by atoms with Crippen molar-refractivity contribution in [1.82, 2.24) is 0 Å². The first-order chi connectivity index (χ1) is 7.56. The normalized spacial score (nSPS) is 12.8. The minimum atomic E-state index is 1.07. The Morgan fingerprint density at radius 1 is 0.875 bits per heavy atom. The monoisotopic (exact) mass is 284 g/mol. The molecule has 16 heavy (non-hydrogen) atoms. The van der Waals surface area contributed by atoms with Crippen molar-refractivity contribution >= 4 is 15.9 Å². The van der Waals surface area contributed by atoms with Crippen LogP contribution >= 0.6 is 15.9 Å². The molecule has 0 rings (SSSR count). The van der Waals surface area contributed by atoms with E-state index in [1.165, 1.54) is 29.6 Å². The van der Waals surface area contributed by atoms with E-state index in [0.717, 1.165) is 18.2 Å². The lowest BCUT2D eigenvalue weighted by atomic mass is 10.1. The van der Waals surface area contributed by atoms with Gasteiger partial charge in [-0.05, 0) is 53.4 Å². The predicted molar refractivity (Wildman–Crippen MR) is 79.2 cm³/mol. The molecule has 0 radical (unpaired) electrons. The minimum absolute atomic E-state index is 1.07. The third kappa shape index (κ3) is 10.2. The van der Waals surface area contributed by atoms with Gasteiger partial charge in [-0.2, -0.15) is 0 Å². The molecule has 0 aliphatic heterocycles. The van der Waals surface area contributed by atoms with Crippen molar-refractivity contribution in [2.24, 2.45) is 0 Å². The van der Waals surface area contributed by atoms with E-state index in [2.05, 4.69) is 61.9 Å². The number of hydrogen-bond donors (Lipinski definition) is 0. The lowest BCUT2D eigenvalue weighted by Crippen LogP contribution is -1.79. The highest BCUT2D eigenvalue weighted by atomic mass is 79.9. The van der Waals surface area contributed by atoms with Gasteiger partial charge in [-0.1, -0.05) is 50.9 Å². The molecule has 92 valence electrons. The quantitative estimate of drug-likeness (QED) is 0.409. The standard InChI is InChI=1S/C15H25Br/c1-13(2)7-5-8-14(3)9-6-10-15(4)11-12-16/h7,9-10H,5-6,8,11-12H2,1-4H3/b14-9-,15-10+. The molecule has 0 fully saturated rings. The second-order valence-electron chi connectivity index (χ2n) is 4.60. The fourth-order valence-corrected chi connectivity index (χ4v) is 2.03. The molecule has 0 saturated heterocycles. The molecule has 0 aromatic heterocycles. The fraction of sp³-hybridized carbons (Fsp3) is 0.600. The zero-order valence-electron chi connectivity index (χ0n) is 11.1. The summed E-state index contributed by atoms with van der Waals surface area (Å²) in [4.78, 5) is 0. The molecule has 0 aliphatic rings. The summed E-state index contributed by atoms with van der Waals surface area (Å²) in [6, 6.07) is 0. The van der Waals surface area contributed by atoms with Gasteiger partial charge in [0.25, 0.3) is 0 Å². The van der Waals surface area contributed by atoms with Gasteiger partial charge in [0.05, 0.1) is 0 Å². The molecule has 0 aromatic rings. The van der Waals surface area contributed by atoms with E-state index in [1.807, 2.05) is 0 Å². The Labute approximate surface area is 110 Å². The molecular formula is C15H25Br. The van der Waals surface area contributed by atoms with Crippen LogP contribution in [-0.4, -0.2) is 5.33 Å². The van der Waals surface area contributed by atoms with Gasteiger partial charge in [-0.15, -0.1) is 0 Å². The van der Waals surface area contributed by atoms with Gasteiger partial charge in [0.15, 0.2) is 0 Å². The highest BCUT2D eigenvalue weighted by Crippen LogP contribution is 2.09. The zero-order chi connectivity index (χ0) is 12.4. The number of alkyl halides is 1. The van der Waals surface area contributed by atoms with E-state index < -0.39 is 0 Å². The van der Waals surface area contributed by atoms with Crippen molar-refractivity contribution in [2.45, 2.75) is 53.4 Å². The third-order valence-electron chi connectivity index (χ3n) is 2.51. The van der Waals surface area contributed by atoms with E-state index in [1.54, 1.807) is 0 Å². The minimum Gasteiger partial charge on any atom is -0.0925 e. The second-order valence-corrected chi connectivity index (χ2v) is 5.39. The van der Waals surface area contributed by atoms with Gasteiger partial charge in [0, 0.05) is 5.33 Å². The van der Waals surface area contributed by atoms with Crippen molar-refractivity contribution in [3.63, 3.8) is 0 Å². The van der Waals surface area contributed by atoms with Gasteiger partial charge in [0.2, 0.25) is 0 Å². The average molecular weight is 285 g/mol. The van der Waals surface area contributed by atoms with Gasteiger partial charge >= 0.3 is 0 Å². The third-order valence-corrected chi connectivity index (χ3v) is 2.91. The highest BCUT2D eigenvalue weighted by Gasteiger charge is 1.89.